The zero-order valence-electron chi connectivity index (χ0n) is 13.9. The Bertz CT molecular complexity index is 648. The first-order valence-corrected chi connectivity index (χ1v) is 8.43. The van der Waals surface area contributed by atoms with E-state index in [0.717, 1.165) is 23.3 Å². The monoisotopic (exact) mass is 325 g/mol. The molecule has 126 valence electrons. The van der Waals surface area contributed by atoms with Crippen LogP contribution in [0.1, 0.15) is 30.5 Å². The molecule has 1 amide bonds. The molecule has 4 heteroatoms. The number of amides is 1. The van der Waals surface area contributed by atoms with Crippen molar-refractivity contribution in [3.63, 3.8) is 0 Å². The lowest BCUT2D eigenvalue weighted by Crippen LogP contribution is -2.34. The normalized spacial score (nSPS) is 18.1. The van der Waals surface area contributed by atoms with Crippen molar-refractivity contribution < 1.29 is 14.3 Å². The van der Waals surface area contributed by atoms with E-state index in [1.807, 2.05) is 61.5 Å². The molecule has 4 nitrogen and oxygen atoms in total. The minimum Gasteiger partial charge on any atom is -0.494 e. The van der Waals surface area contributed by atoms with Crippen molar-refractivity contribution in [2.75, 3.05) is 19.8 Å². The highest BCUT2D eigenvalue weighted by atomic mass is 16.5. The molecule has 1 N–H and O–H groups in total. The number of carbonyl (C=O) groups excluding carboxylic acids is 1. The zero-order chi connectivity index (χ0) is 16.8. The average molecular weight is 325 g/mol. The summed E-state index contributed by atoms with van der Waals surface area (Å²) in [6.07, 6.45) is 0.788. The Labute approximate surface area is 142 Å². The lowest BCUT2D eigenvalue weighted by atomic mass is 9.97. The largest absolute Gasteiger partial charge is 0.494 e. The summed E-state index contributed by atoms with van der Waals surface area (Å²) in [6, 6.07) is 17.8. The lowest BCUT2D eigenvalue weighted by molar-refractivity contribution is -0.125. The van der Waals surface area contributed by atoms with Crippen molar-refractivity contribution >= 4 is 5.91 Å². The summed E-state index contributed by atoms with van der Waals surface area (Å²) in [7, 11) is 0. The van der Waals surface area contributed by atoms with Crippen LogP contribution in [0.2, 0.25) is 0 Å². The van der Waals surface area contributed by atoms with Crippen LogP contribution in [-0.2, 0) is 9.53 Å². The first-order chi connectivity index (χ1) is 11.8. The van der Waals surface area contributed by atoms with Crippen LogP contribution in [0.3, 0.4) is 0 Å². The molecule has 0 bridgehead atoms. The van der Waals surface area contributed by atoms with Crippen LogP contribution in [-0.4, -0.2) is 25.7 Å². The van der Waals surface area contributed by atoms with Crippen molar-refractivity contribution in [3.8, 4) is 5.75 Å². The number of nitrogens with one attached hydrogen (secondary N) is 1. The van der Waals surface area contributed by atoms with Crippen LogP contribution in [0.25, 0.3) is 0 Å². The van der Waals surface area contributed by atoms with Gasteiger partial charge in [0.15, 0.2) is 0 Å². The zero-order valence-corrected chi connectivity index (χ0v) is 13.9. The molecule has 24 heavy (non-hydrogen) atoms. The molecule has 1 heterocycles. The molecule has 1 saturated heterocycles. The molecule has 0 aliphatic carbocycles. The van der Waals surface area contributed by atoms with Gasteiger partial charge < -0.3 is 14.8 Å². The van der Waals surface area contributed by atoms with Gasteiger partial charge in [0.05, 0.1) is 25.2 Å². The predicted octanol–water partition coefficient (Wildman–Crippen LogP) is 3.33. The van der Waals surface area contributed by atoms with E-state index in [1.165, 1.54) is 0 Å². The van der Waals surface area contributed by atoms with Gasteiger partial charge in [-0.05, 0) is 36.6 Å². The SMILES string of the molecule is CCOc1ccc([C@H](NC(=O)[C@@H]2CCOC2)c2ccccc2)cc1. The van der Waals surface area contributed by atoms with Gasteiger partial charge in [0.2, 0.25) is 5.91 Å². The van der Waals surface area contributed by atoms with E-state index in [1.54, 1.807) is 0 Å². The van der Waals surface area contributed by atoms with E-state index in [2.05, 4.69) is 5.32 Å². The van der Waals surface area contributed by atoms with Gasteiger partial charge in [-0.2, -0.15) is 0 Å². The number of benzene rings is 2. The first-order valence-electron chi connectivity index (χ1n) is 8.43. The maximum Gasteiger partial charge on any atom is 0.226 e. The van der Waals surface area contributed by atoms with Crippen LogP contribution in [0, 0.1) is 5.92 Å². The van der Waals surface area contributed by atoms with Crippen LogP contribution in [0.15, 0.2) is 54.6 Å². The Morgan fingerprint density at radius 1 is 1.17 bits per heavy atom. The van der Waals surface area contributed by atoms with Crippen LogP contribution < -0.4 is 10.1 Å². The fourth-order valence-corrected chi connectivity index (χ4v) is 2.93. The maximum absolute atomic E-state index is 12.6. The minimum absolute atomic E-state index is 0.0511. The molecule has 1 aliphatic heterocycles. The number of carbonyl (C=O) groups is 1. The minimum atomic E-state index is -0.171. The summed E-state index contributed by atoms with van der Waals surface area (Å²) in [5, 5.41) is 3.18. The fraction of sp³-hybridized carbons (Fsp3) is 0.350. The van der Waals surface area contributed by atoms with E-state index in [0.29, 0.717) is 19.8 Å². The molecule has 0 unspecified atom stereocenters. The quantitative estimate of drug-likeness (QED) is 0.886. The first kappa shape index (κ1) is 16.5. The highest BCUT2D eigenvalue weighted by molar-refractivity contribution is 5.80. The van der Waals surface area contributed by atoms with Gasteiger partial charge in [0.1, 0.15) is 5.75 Å². The topological polar surface area (TPSA) is 47.6 Å². The predicted molar refractivity (Wildman–Crippen MR) is 93.0 cm³/mol. The third-order valence-electron chi connectivity index (χ3n) is 4.24. The number of hydrogen-bond acceptors (Lipinski definition) is 3. The Morgan fingerprint density at radius 2 is 1.88 bits per heavy atom. The molecule has 2 aromatic rings. The van der Waals surface area contributed by atoms with E-state index in [9.17, 15) is 4.79 Å². The molecular formula is C20H23NO3. The number of rotatable bonds is 6. The molecule has 0 radical (unpaired) electrons. The van der Waals surface area contributed by atoms with Gasteiger partial charge >= 0.3 is 0 Å². The van der Waals surface area contributed by atoms with Gasteiger partial charge in [-0.15, -0.1) is 0 Å². The van der Waals surface area contributed by atoms with E-state index < -0.39 is 0 Å². The van der Waals surface area contributed by atoms with E-state index in [-0.39, 0.29) is 17.9 Å². The summed E-state index contributed by atoms with van der Waals surface area (Å²) in [5.74, 6) is 0.831. The smallest absolute Gasteiger partial charge is 0.226 e. The molecule has 0 aromatic heterocycles. The Kier molecular flexibility index (Phi) is 5.49. The van der Waals surface area contributed by atoms with E-state index >= 15 is 0 Å². The maximum atomic E-state index is 12.6. The van der Waals surface area contributed by atoms with Gasteiger partial charge in [-0.25, -0.2) is 0 Å². The van der Waals surface area contributed by atoms with Crippen molar-refractivity contribution in [1.29, 1.82) is 0 Å². The Morgan fingerprint density at radius 3 is 2.50 bits per heavy atom. The Balaban J connectivity index is 1.83. The van der Waals surface area contributed by atoms with Crippen molar-refractivity contribution in [1.82, 2.24) is 5.32 Å². The molecule has 0 saturated carbocycles. The van der Waals surface area contributed by atoms with Gasteiger partial charge in [0, 0.05) is 6.61 Å². The molecule has 2 aromatic carbocycles. The molecule has 1 fully saturated rings. The molecule has 2 atom stereocenters. The highest BCUT2D eigenvalue weighted by Gasteiger charge is 2.26. The summed E-state index contributed by atoms with van der Waals surface area (Å²) in [4.78, 5) is 12.6. The molecular weight excluding hydrogens is 302 g/mol. The van der Waals surface area contributed by atoms with Gasteiger partial charge in [-0.3, -0.25) is 4.79 Å². The number of ether oxygens (including phenoxy) is 2. The average Bonchev–Trinajstić information content (AvgIpc) is 3.16. The Hall–Kier alpha value is -2.33. The second-order valence-electron chi connectivity index (χ2n) is 5.91. The highest BCUT2D eigenvalue weighted by Crippen LogP contribution is 2.25. The van der Waals surface area contributed by atoms with Crippen LogP contribution in [0.4, 0.5) is 0 Å². The summed E-state index contributed by atoms with van der Waals surface area (Å²) >= 11 is 0. The van der Waals surface area contributed by atoms with Gasteiger partial charge in [-0.1, -0.05) is 42.5 Å². The van der Waals surface area contributed by atoms with Crippen molar-refractivity contribution in [3.05, 3.63) is 65.7 Å². The third kappa shape index (κ3) is 3.95. The molecule has 3 rings (SSSR count). The fourth-order valence-electron chi connectivity index (χ4n) is 2.93. The van der Waals surface area contributed by atoms with Crippen molar-refractivity contribution in [2.24, 2.45) is 5.92 Å². The van der Waals surface area contributed by atoms with Crippen LogP contribution in [0.5, 0.6) is 5.75 Å². The number of hydrogen-bond donors (Lipinski definition) is 1. The third-order valence-corrected chi connectivity index (χ3v) is 4.24. The van der Waals surface area contributed by atoms with Gasteiger partial charge in [0.25, 0.3) is 0 Å². The van der Waals surface area contributed by atoms with Crippen molar-refractivity contribution in [2.45, 2.75) is 19.4 Å². The summed E-state index contributed by atoms with van der Waals surface area (Å²) < 4.78 is 10.8. The molecule has 1 aliphatic rings. The molecule has 0 spiro atoms. The lowest BCUT2D eigenvalue weighted by Gasteiger charge is -2.22. The summed E-state index contributed by atoms with van der Waals surface area (Å²) in [6.45, 7) is 3.78. The second-order valence-corrected chi connectivity index (χ2v) is 5.91. The standard InChI is InChI=1S/C20H23NO3/c1-2-24-18-10-8-16(9-11-18)19(15-6-4-3-5-7-15)21-20(22)17-12-13-23-14-17/h3-11,17,19H,2,12-14H2,1H3,(H,21,22)/t17-,19-/m1/s1. The van der Waals surface area contributed by atoms with Crippen LogP contribution >= 0.6 is 0 Å². The van der Waals surface area contributed by atoms with E-state index in [4.69, 9.17) is 9.47 Å². The second kappa shape index (κ2) is 7.97. The summed E-state index contributed by atoms with van der Waals surface area (Å²) in [5.41, 5.74) is 2.10.